The zero-order valence-corrected chi connectivity index (χ0v) is 14.9. The molecule has 0 amide bonds. The molecular weight excluding hydrogens is 326 g/mol. The fraction of sp³-hybridized carbons (Fsp3) is 0.0769. The maximum absolute atomic E-state index is 6.51. The molecule has 1 heteroatoms. The van der Waals surface area contributed by atoms with Crippen molar-refractivity contribution in [1.82, 2.24) is 0 Å². The molecule has 1 spiro atoms. The van der Waals surface area contributed by atoms with Gasteiger partial charge in [0.15, 0.2) is 0 Å². The van der Waals surface area contributed by atoms with Crippen LogP contribution in [0.1, 0.15) is 28.7 Å². The summed E-state index contributed by atoms with van der Waals surface area (Å²) in [6, 6.07) is 24.0. The van der Waals surface area contributed by atoms with Crippen molar-refractivity contribution in [2.45, 2.75) is 11.8 Å². The molecule has 3 aromatic carbocycles. The van der Waals surface area contributed by atoms with Gasteiger partial charge in [0, 0.05) is 11.3 Å². The summed E-state index contributed by atoms with van der Waals surface area (Å²) >= 11 is 0. The van der Waals surface area contributed by atoms with Crippen LogP contribution in [0, 0.1) is 0 Å². The minimum absolute atomic E-state index is 0.279. The normalized spacial score (nSPS) is 21.0. The first-order valence-electron chi connectivity index (χ1n) is 9.50. The van der Waals surface area contributed by atoms with Gasteiger partial charge in [-0.25, -0.2) is 0 Å². The number of allylic oxidation sites excluding steroid dienone is 6. The van der Waals surface area contributed by atoms with Crippen LogP contribution < -0.4 is 5.73 Å². The summed E-state index contributed by atoms with van der Waals surface area (Å²) in [5.41, 5.74) is 17.6. The second kappa shape index (κ2) is 5.11. The number of nitrogens with two attached hydrogens (primary N) is 1. The van der Waals surface area contributed by atoms with Gasteiger partial charge in [-0.15, -0.1) is 0 Å². The molecule has 0 radical (unpaired) electrons. The van der Waals surface area contributed by atoms with Gasteiger partial charge >= 0.3 is 0 Å². The van der Waals surface area contributed by atoms with E-state index in [-0.39, 0.29) is 5.41 Å². The molecule has 2 N–H and O–H groups in total. The molecule has 3 aliphatic rings. The second-order valence-corrected chi connectivity index (χ2v) is 7.47. The fourth-order valence-electron chi connectivity index (χ4n) is 5.34. The van der Waals surface area contributed by atoms with Crippen LogP contribution in [0.5, 0.6) is 0 Å². The SMILES string of the molecule is Nc1cccc2c1-c1ccccc1C21C2=CC=CCC=C2c2ccccc21. The van der Waals surface area contributed by atoms with E-state index in [2.05, 4.69) is 85.0 Å². The Morgan fingerprint density at radius 1 is 0.741 bits per heavy atom. The van der Waals surface area contributed by atoms with Crippen molar-refractivity contribution in [2.24, 2.45) is 0 Å². The van der Waals surface area contributed by atoms with Gasteiger partial charge < -0.3 is 5.73 Å². The topological polar surface area (TPSA) is 26.0 Å². The number of fused-ring (bicyclic) bond motifs is 10. The highest BCUT2D eigenvalue weighted by atomic mass is 14.6. The lowest BCUT2D eigenvalue weighted by molar-refractivity contribution is 0.795. The fourth-order valence-corrected chi connectivity index (χ4v) is 5.34. The van der Waals surface area contributed by atoms with Gasteiger partial charge in [-0.05, 0) is 51.5 Å². The molecule has 6 rings (SSSR count). The van der Waals surface area contributed by atoms with Crippen molar-refractivity contribution in [3.8, 4) is 11.1 Å². The Morgan fingerprint density at radius 2 is 1.44 bits per heavy atom. The number of hydrogen-bond donors (Lipinski definition) is 1. The average Bonchev–Trinajstić information content (AvgIpc) is 3.01. The predicted molar refractivity (Wildman–Crippen MR) is 112 cm³/mol. The molecular formula is C26H19N. The van der Waals surface area contributed by atoms with E-state index in [4.69, 9.17) is 5.73 Å². The quantitative estimate of drug-likeness (QED) is 0.507. The zero-order valence-electron chi connectivity index (χ0n) is 14.9. The Morgan fingerprint density at radius 3 is 2.30 bits per heavy atom. The highest BCUT2D eigenvalue weighted by Crippen LogP contribution is 2.64. The van der Waals surface area contributed by atoms with E-state index in [0.29, 0.717) is 0 Å². The Hall–Kier alpha value is -3.32. The Labute approximate surface area is 159 Å². The molecule has 27 heavy (non-hydrogen) atoms. The van der Waals surface area contributed by atoms with E-state index >= 15 is 0 Å². The van der Waals surface area contributed by atoms with Gasteiger partial charge in [-0.2, -0.15) is 0 Å². The first-order valence-corrected chi connectivity index (χ1v) is 9.50. The average molecular weight is 345 g/mol. The number of rotatable bonds is 0. The van der Waals surface area contributed by atoms with E-state index in [9.17, 15) is 0 Å². The highest BCUT2D eigenvalue weighted by molar-refractivity contribution is 6.02. The summed E-state index contributed by atoms with van der Waals surface area (Å²) in [7, 11) is 0. The van der Waals surface area contributed by atoms with Crippen molar-refractivity contribution in [3.05, 3.63) is 119 Å². The van der Waals surface area contributed by atoms with Crippen molar-refractivity contribution < 1.29 is 0 Å². The van der Waals surface area contributed by atoms with E-state index in [1.54, 1.807) is 0 Å². The molecule has 0 heterocycles. The van der Waals surface area contributed by atoms with Crippen LogP contribution in [0.2, 0.25) is 0 Å². The molecule has 0 bridgehead atoms. The van der Waals surface area contributed by atoms with Crippen LogP contribution in [0.4, 0.5) is 5.69 Å². The molecule has 0 aliphatic heterocycles. The summed E-state index contributed by atoms with van der Waals surface area (Å²) in [5.74, 6) is 0. The predicted octanol–water partition coefficient (Wildman–Crippen LogP) is 5.87. The number of anilines is 1. The standard InChI is InChI=1S/C26H19N/c27-24-16-8-15-23-25(24)19-11-5-7-14-22(19)26(23)20-12-3-1-2-9-17(20)18-10-4-6-13-21(18)26/h1,3-16H,2,27H2. The van der Waals surface area contributed by atoms with Crippen LogP contribution in [0.3, 0.4) is 0 Å². The van der Waals surface area contributed by atoms with Crippen molar-refractivity contribution in [1.29, 1.82) is 0 Å². The number of benzene rings is 3. The van der Waals surface area contributed by atoms with Crippen molar-refractivity contribution >= 4 is 11.3 Å². The third kappa shape index (κ3) is 1.65. The lowest BCUT2D eigenvalue weighted by atomic mass is 9.70. The maximum atomic E-state index is 6.51. The lowest BCUT2D eigenvalue weighted by Crippen LogP contribution is -2.26. The number of nitrogen functional groups attached to an aromatic ring is 1. The van der Waals surface area contributed by atoms with Gasteiger partial charge in [0.05, 0.1) is 5.41 Å². The van der Waals surface area contributed by atoms with Crippen molar-refractivity contribution in [3.63, 3.8) is 0 Å². The van der Waals surface area contributed by atoms with Crippen LogP contribution in [0.15, 0.2) is 96.6 Å². The van der Waals surface area contributed by atoms with Crippen LogP contribution >= 0.6 is 0 Å². The summed E-state index contributed by atoms with van der Waals surface area (Å²) in [6.45, 7) is 0. The van der Waals surface area contributed by atoms with Crippen LogP contribution in [-0.4, -0.2) is 0 Å². The van der Waals surface area contributed by atoms with E-state index in [0.717, 1.165) is 12.1 Å². The summed E-state index contributed by atoms with van der Waals surface area (Å²) in [5, 5.41) is 0. The lowest BCUT2D eigenvalue weighted by Gasteiger charge is -2.30. The molecule has 3 aliphatic carbocycles. The van der Waals surface area contributed by atoms with Gasteiger partial charge in [0.25, 0.3) is 0 Å². The molecule has 0 aromatic heterocycles. The van der Waals surface area contributed by atoms with Crippen LogP contribution in [0.25, 0.3) is 16.7 Å². The molecule has 0 saturated carbocycles. The minimum atomic E-state index is -0.279. The molecule has 3 aromatic rings. The van der Waals surface area contributed by atoms with Gasteiger partial charge in [-0.1, -0.05) is 85.0 Å². The summed E-state index contributed by atoms with van der Waals surface area (Å²) in [6.07, 6.45) is 10.1. The first-order chi connectivity index (χ1) is 13.3. The molecule has 1 atom stereocenters. The molecule has 1 unspecified atom stereocenters. The Bertz CT molecular complexity index is 1210. The summed E-state index contributed by atoms with van der Waals surface area (Å²) in [4.78, 5) is 0. The van der Waals surface area contributed by atoms with Gasteiger partial charge in [0.1, 0.15) is 0 Å². The Kier molecular flexibility index (Phi) is 2.80. The largest absolute Gasteiger partial charge is 0.398 e. The monoisotopic (exact) mass is 345 g/mol. The maximum Gasteiger partial charge on any atom is 0.0726 e. The van der Waals surface area contributed by atoms with Crippen molar-refractivity contribution in [2.75, 3.05) is 5.73 Å². The smallest absolute Gasteiger partial charge is 0.0726 e. The third-order valence-electron chi connectivity index (χ3n) is 6.27. The molecule has 0 fully saturated rings. The molecule has 1 nitrogen and oxygen atoms in total. The van der Waals surface area contributed by atoms with E-state index in [1.165, 1.54) is 44.5 Å². The van der Waals surface area contributed by atoms with Gasteiger partial charge in [0.2, 0.25) is 0 Å². The number of hydrogen-bond acceptors (Lipinski definition) is 1. The van der Waals surface area contributed by atoms with E-state index in [1.807, 2.05) is 6.07 Å². The first kappa shape index (κ1) is 14.8. The molecule has 128 valence electrons. The van der Waals surface area contributed by atoms with Crippen LogP contribution in [-0.2, 0) is 5.41 Å². The highest BCUT2D eigenvalue weighted by Gasteiger charge is 2.53. The zero-order chi connectivity index (χ0) is 18.0. The van der Waals surface area contributed by atoms with Gasteiger partial charge in [-0.3, -0.25) is 0 Å². The van der Waals surface area contributed by atoms with E-state index < -0.39 is 0 Å². The second-order valence-electron chi connectivity index (χ2n) is 7.47. The molecule has 0 saturated heterocycles. The Balaban J connectivity index is 1.86. The summed E-state index contributed by atoms with van der Waals surface area (Å²) < 4.78 is 0. The minimum Gasteiger partial charge on any atom is -0.398 e. The third-order valence-corrected chi connectivity index (χ3v) is 6.27.